The Morgan fingerprint density at radius 1 is 0.833 bits per heavy atom. The van der Waals surface area contributed by atoms with Crippen molar-refractivity contribution in [3.8, 4) is 0 Å². The number of rotatable bonds is 19. The normalized spacial score (nSPS) is 13.4. The van der Waals surface area contributed by atoms with Crippen molar-refractivity contribution in [1.29, 1.82) is 0 Å². The van der Waals surface area contributed by atoms with Crippen LogP contribution < -0.4 is 11.1 Å². The average Bonchev–Trinajstić information content (AvgIpc) is 2.69. The monoisotopic (exact) mass is 452 g/mol. The maximum Gasteiger partial charge on any atom is 0.237 e. The van der Waals surface area contributed by atoms with E-state index in [4.69, 9.17) is 29.4 Å². The van der Waals surface area contributed by atoms with Crippen LogP contribution in [0.3, 0.4) is 0 Å². The molecule has 0 aliphatic heterocycles. The van der Waals surface area contributed by atoms with Gasteiger partial charge in [0.05, 0.1) is 76.0 Å². The van der Waals surface area contributed by atoms with E-state index in [2.05, 4.69) is 17.9 Å². The van der Waals surface area contributed by atoms with Gasteiger partial charge >= 0.3 is 0 Å². The molecule has 0 rings (SSSR count). The fourth-order valence-electron chi connectivity index (χ4n) is 2.25. The lowest BCUT2D eigenvalue weighted by atomic mass is 9.92. The third-order valence-electron chi connectivity index (χ3n) is 4.03. The van der Waals surface area contributed by atoms with E-state index >= 15 is 0 Å². The molecule has 0 saturated carbocycles. The van der Waals surface area contributed by atoms with E-state index in [1.165, 1.54) is 0 Å². The van der Waals surface area contributed by atoms with Crippen molar-refractivity contribution in [2.24, 2.45) is 11.1 Å². The van der Waals surface area contributed by atoms with Gasteiger partial charge in [-0.2, -0.15) is 12.6 Å². The Labute approximate surface area is 188 Å². The molecule has 0 aliphatic carbocycles. The van der Waals surface area contributed by atoms with Gasteiger partial charge in [-0.25, -0.2) is 0 Å². The van der Waals surface area contributed by atoms with Crippen molar-refractivity contribution in [3.05, 3.63) is 0 Å². The topological polar surface area (TPSA) is 101 Å². The second-order valence-electron chi connectivity index (χ2n) is 8.32. The third-order valence-corrected chi connectivity index (χ3v) is 4.42. The number of nitrogens with two attached hydrogens (primary N) is 1. The maximum absolute atomic E-state index is 11.5. The van der Waals surface area contributed by atoms with Crippen LogP contribution in [0.2, 0.25) is 0 Å². The molecule has 180 valence electrons. The molecule has 1 amide bonds. The van der Waals surface area contributed by atoms with E-state index in [-0.39, 0.29) is 24.2 Å². The van der Waals surface area contributed by atoms with Crippen LogP contribution >= 0.6 is 12.6 Å². The number of thiol groups is 1. The van der Waals surface area contributed by atoms with Crippen molar-refractivity contribution in [2.75, 3.05) is 58.5 Å². The Balaban J connectivity index is 4.44. The molecule has 3 N–H and O–H groups in total. The smallest absolute Gasteiger partial charge is 0.237 e. The summed E-state index contributed by atoms with van der Waals surface area (Å²) in [7, 11) is 0. The van der Waals surface area contributed by atoms with Gasteiger partial charge in [0.2, 0.25) is 5.91 Å². The summed E-state index contributed by atoms with van der Waals surface area (Å²) >= 11 is 4.00. The first-order chi connectivity index (χ1) is 14.1. The number of hydrogen-bond donors (Lipinski definition) is 3. The van der Waals surface area contributed by atoms with E-state index in [1.807, 2.05) is 41.5 Å². The van der Waals surface area contributed by atoms with Gasteiger partial charge in [-0.05, 0) is 41.5 Å². The van der Waals surface area contributed by atoms with E-state index in [1.54, 1.807) is 0 Å². The number of amides is 1. The number of carbonyl (C=O) groups is 1. The van der Waals surface area contributed by atoms with Crippen LogP contribution in [-0.2, 0) is 28.5 Å². The molecule has 0 aromatic carbocycles. The summed E-state index contributed by atoms with van der Waals surface area (Å²) in [6.07, 6.45) is 0.324. The van der Waals surface area contributed by atoms with Gasteiger partial charge in [0.15, 0.2) is 0 Å². The minimum Gasteiger partial charge on any atom is -0.378 e. The molecule has 0 heterocycles. The van der Waals surface area contributed by atoms with Gasteiger partial charge in [-0.3, -0.25) is 4.79 Å². The first-order valence-corrected chi connectivity index (χ1v) is 11.4. The van der Waals surface area contributed by atoms with Crippen LogP contribution in [0.1, 0.15) is 41.5 Å². The number of nitrogens with one attached hydrogen (secondary N) is 1. The van der Waals surface area contributed by atoms with Crippen LogP contribution in [0, 0.1) is 5.41 Å². The molecule has 0 aliphatic rings. The van der Waals surface area contributed by atoms with Crippen molar-refractivity contribution >= 4 is 18.5 Å². The molecule has 0 spiro atoms. The zero-order valence-electron chi connectivity index (χ0n) is 19.6. The maximum atomic E-state index is 11.5. The van der Waals surface area contributed by atoms with Crippen LogP contribution in [0.5, 0.6) is 0 Å². The standard InChI is InChI=1S/C21H44N2O6S/c1-16(2)27-13-21(14-28-17(3)4,15-29-18(5)6)12-26-10-9-25-8-7-23-20(24)19(22)11-30/h16-19,30H,7-15,22H2,1-6H3,(H,23,24). The Hall–Kier alpha value is -0.420. The van der Waals surface area contributed by atoms with Gasteiger partial charge in [0, 0.05) is 12.3 Å². The fourth-order valence-corrected chi connectivity index (χ4v) is 2.42. The lowest BCUT2D eigenvalue weighted by molar-refractivity contribution is -0.133. The molecule has 1 unspecified atom stereocenters. The summed E-state index contributed by atoms with van der Waals surface area (Å²) in [6, 6.07) is -0.598. The number of carbonyl (C=O) groups excluding carboxylic acids is 1. The van der Waals surface area contributed by atoms with Gasteiger partial charge in [-0.1, -0.05) is 0 Å². The molecular weight excluding hydrogens is 408 g/mol. The first kappa shape index (κ1) is 29.6. The highest BCUT2D eigenvalue weighted by atomic mass is 32.1. The lowest BCUT2D eigenvalue weighted by Crippen LogP contribution is -2.44. The molecule has 0 saturated heterocycles. The van der Waals surface area contributed by atoms with Gasteiger partial charge in [0.1, 0.15) is 0 Å². The molecule has 0 aromatic rings. The van der Waals surface area contributed by atoms with Crippen molar-refractivity contribution < 1.29 is 28.5 Å². The Bertz CT molecular complexity index is 406. The summed E-state index contributed by atoms with van der Waals surface area (Å²) in [4.78, 5) is 11.5. The number of hydrogen-bond acceptors (Lipinski definition) is 8. The third kappa shape index (κ3) is 15.4. The van der Waals surface area contributed by atoms with Crippen molar-refractivity contribution in [1.82, 2.24) is 5.32 Å². The predicted octanol–water partition coefficient (Wildman–Crippen LogP) is 1.65. The SMILES string of the molecule is CC(C)OCC(COCCOCCNC(=O)C(N)CS)(COC(C)C)COC(C)C. The van der Waals surface area contributed by atoms with Gasteiger partial charge in [0.25, 0.3) is 0 Å². The zero-order chi connectivity index (χ0) is 23.0. The molecule has 30 heavy (non-hydrogen) atoms. The quantitative estimate of drug-likeness (QED) is 0.202. The molecule has 0 aromatic heterocycles. The molecule has 0 fully saturated rings. The van der Waals surface area contributed by atoms with Crippen LogP contribution in [0.4, 0.5) is 0 Å². The van der Waals surface area contributed by atoms with Crippen molar-refractivity contribution in [2.45, 2.75) is 65.9 Å². The lowest BCUT2D eigenvalue weighted by Gasteiger charge is -2.35. The highest BCUT2D eigenvalue weighted by Gasteiger charge is 2.33. The van der Waals surface area contributed by atoms with Gasteiger partial charge < -0.3 is 34.7 Å². The molecule has 0 radical (unpaired) electrons. The van der Waals surface area contributed by atoms with Crippen LogP contribution in [0.25, 0.3) is 0 Å². The molecule has 9 heteroatoms. The Morgan fingerprint density at radius 2 is 1.30 bits per heavy atom. The summed E-state index contributed by atoms with van der Waals surface area (Å²) < 4.78 is 29.1. The van der Waals surface area contributed by atoms with E-state index < -0.39 is 11.5 Å². The molecule has 1 atom stereocenters. The molecule has 8 nitrogen and oxygen atoms in total. The van der Waals surface area contributed by atoms with E-state index in [9.17, 15) is 4.79 Å². The number of ether oxygens (including phenoxy) is 5. The van der Waals surface area contributed by atoms with Crippen molar-refractivity contribution in [3.63, 3.8) is 0 Å². The summed E-state index contributed by atoms with van der Waals surface area (Å²) in [5, 5.41) is 2.70. The minimum absolute atomic E-state index is 0.108. The Morgan fingerprint density at radius 3 is 1.73 bits per heavy atom. The summed E-state index contributed by atoms with van der Waals surface area (Å²) in [5.74, 6) is 0.0826. The highest BCUT2D eigenvalue weighted by molar-refractivity contribution is 7.80. The summed E-state index contributed by atoms with van der Waals surface area (Å²) in [5.41, 5.74) is 5.19. The van der Waals surface area contributed by atoms with Crippen LogP contribution in [-0.4, -0.2) is 88.8 Å². The van der Waals surface area contributed by atoms with Crippen LogP contribution in [0.15, 0.2) is 0 Å². The average molecular weight is 453 g/mol. The second-order valence-corrected chi connectivity index (χ2v) is 8.69. The molecular formula is C21H44N2O6S. The van der Waals surface area contributed by atoms with Gasteiger partial charge in [-0.15, -0.1) is 0 Å². The van der Waals surface area contributed by atoms with E-state index in [0.29, 0.717) is 58.5 Å². The highest BCUT2D eigenvalue weighted by Crippen LogP contribution is 2.23. The first-order valence-electron chi connectivity index (χ1n) is 10.8. The fraction of sp³-hybridized carbons (Fsp3) is 0.952. The Kier molecular flexibility index (Phi) is 16.9. The largest absolute Gasteiger partial charge is 0.378 e. The zero-order valence-corrected chi connectivity index (χ0v) is 20.5. The summed E-state index contributed by atoms with van der Waals surface area (Å²) in [6.45, 7) is 15.6. The van der Waals surface area contributed by atoms with E-state index in [0.717, 1.165) is 0 Å². The second kappa shape index (κ2) is 17.2. The predicted molar refractivity (Wildman–Crippen MR) is 122 cm³/mol. The minimum atomic E-state index is -0.598. The molecule has 0 bridgehead atoms.